The second kappa shape index (κ2) is 4.82. The summed E-state index contributed by atoms with van der Waals surface area (Å²) in [6.45, 7) is 2.16. The van der Waals surface area contributed by atoms with E-state index >= 15 is 0 Å². The minimum absolute atomic E-state index is 0.498. The van der Waals surface area contributed by atoms with Crippen molar-refractivity contribution in [3.05, 3.63) is 89.5 Å². The van der Waals surface area contributed by atoms with Crippen molar-refractivity contribution in [3.63, 3.8) is 0 Å². The van der Waals surface area contributed by atoms with Gasteiger partial charge in [-0.05, 0) is 40.5 Å². The van der Waals surface area contributed by atoms with E-state index in [2.05, 4.69) is 73.7 Å². The lowest BCUT2D eigenvalue weighted by Gasteiger charge is -2.29. The zero-order valence-electron chi connectivity index (χ0n) is 12.8. The summed E-state index contributed by atoms with van der Waals surface area (Å²) in [4.78, 5) is 0. The first-order valence-corrected chi connectivity index (χ1v) is 7.59. The first-order valence-electron chi connectivity index (χ1n) is 7.59. The molecule has 0 N–H and O–H groups in total. The van der Waals surface area contributed by atoms with Crippen molar-refractivity contribution in [2.75, 3.05) is 7.11 Å². The van der Waals surface area contributed by atoms with Crippen molar-refractivity contribution < 1.29 is 4.74 Å². The number of hydrogen-bond donors (Lipinski definition) is 0. The lowest BCUT2D eigenvalue weighted by Crippen LogP contribution is -2.26. The van der Waals surface area contributed by atoms with Gasteiger partial charge in [0.15, 0.2) is 0 Å². The molecule has 0 fully saturated rings. The van der Waals surface area contributed by atoms with Gasteiger partial charge in [-0.15, -0.1) is 0 Å². The predicted octanol–water partition coefficient (Wildman–Crippen LogP) is 5.15. The van der Waals surface area contributed by atoms with Crippen LogP contribution in [0.4, 0.5) is 0 Å². The average Bonchev–Trinajstić information content (AvgIpc) is 2.89. The average molecular weight is 286 g/mol. The molecule has 22 heavy (non-hydrogen) atoms. The molecule has 1 heteroatoms. The van der Waals surface area contributed by atoms with Gasteiger partial charge in [-0.2, -0.15) is 0 Å². The molecule has 1 nitrogen and oxygen atoms in total. The van der Waals surface area contributed by atoms with E-state index in [0.717, 1.165) is 0 Å². The van der Waals surface area contributed by atoms with Crippen molar-refractivity contribution in [1.29, 1.82) is 0 Å². The van der Waals surface area contributed by atoms with Crippen LogP contribution in [0.3, 0.4) is 0 Å². The van der Waals surface area contributed by atoms with E-state index in [1.54, 1.807) is 7.11 Å². The molecular weight excluding hydrogens is 268 g/mol. The molecule has 0 radical (unpaired) electrons. The number of ether oxygens (including phenoxy) is 1. The Hall–Kier alpha value is -2.38. The first-order chi connectivity index (χ1) is 10.8. The highest BCUT2D eigenvalue weighted by Gasteiger charge is 2.40. The van der Waals surface area contributed by atoms with Gasteiger partial charge in [-0.3, -0.25) is 0 Å². The van der Waals surface area contributed by atoms with E-state index < -0.39 is 5.60 Å². The fraction of sp³-hybridized carbons (Fsp3) is 0.143. The van der Waals surface area contributed by atoms with Crippen LogP contribution in [-0.2, 0) is 10.3 Å². The zero-order valence-corrected chi connectivity index (χ0v) is 12.8. The van der Waals surface area contributed by atoms with E-state index in [1.807, 2.05) is 6.07 Å². The Labute approximate surface area is 130 Å². The molecule has 0 aromatic heterocycles. The summed E-state index contributed by atoms with van der Waals surface area (Å²) in [6, 6.07) is 23.4. The molecule has 3 aromatic rings. The number of hydrogen-bond acceptors (Lipinski definition) is 1. The van der Waals surface area contributed by atoms with E-state index in [4.69, 9.17) is 4.74 Å². The molecule has 0 aliphatic heterocycles. The monoisotopic (exact) mass is 286 g/mol. The third-order valence-electron chi connectivity index (χ3n) is 4.67. The topological polar surface area (TPSA) is 9.23 Å². The molecule has 0 heterocycles. The van der Waals surface area contributed by atoms with Crippen LogP contribution in [0.5, 0.6) is 0 Å². The third kappa shape index (κ3) is 1.69. The Bertz CT molecular complexity index is 877. The fourth-order valence-corrected chi connectivity index (χ4v) is 3.65. The standard InChI is InChI=1S/C21H18O/c1-15-14-21(22-2,17-9-4-3-5-10-17)20-18(15)13-12-16-8-6-7-11-19(16)20/h3-14H,1-2H3. The van der Waals surface area contributed by atoms with Gasteiger partial charge in [0.05, 0.1) is 0 Å². The number of allylic oxidation sites excluding steroid dienone is 1. The maximum atomic E-state index is 6.11. The van der Waals surface area contributed by atoms with Crippen LogP contribution in [-0.4, -0.2) is 7.11 Å². The second-order valence-corrected chi connectivity index (χ2v) is 5.84. The summed E-state index contributed by atoms with van der Waals surface area (Å²) in [5, 5.41) is 2.51. The highest BCUT2D eigenvalue weighted by atomic mass is 16.5. The second-order valence-electron chi connectivity index (χ2n) is 5.84. The SMILES string of the molecule is COC1(c2ccccc2)C=C(C)c2ccc3ccccc3c21. The predicted molar refractivity (Wildman–Crippen MR) is 91.8 cm³/mol. The molecule has 1 aliphatic rings. The number of rotatable bonds is 2. The summed E-state index contributed by atoms with van der Waals surface area (Å²) in [7, 11) is 1.80. The largest absolute Gasteiger partial charge is 0.365 e. The molecular formula is C21H18O. The Morgan fingerprint density at radius 3 is 2.32 bits per heavy atom. The molecule has 0 spiro atoms. The highest BCUT2D eigenvalue weighted by Crippen LogP contribution is 2.48. The van der Waals surface area contributed by atoms with Crippen molar-refractivity contribution in [1.82, 2.24) is 0 Å². The van der Waals surface area contributed by atoms with Crippen molar-refractivity contribution in [2.24, 2.45) is 0 Å². The normalized spacial score (nSPS) is 20.0. The quantitative estimate of drug-likeness (QED) is 0.633. The van der Waals surface area contributed by atoms with E-state index in [1.165, 1.54) is 33.0 Å². The summed E-state index contributed by atoms with van der Waals surface area (Å²) < 4.78 is 6.11. The van der Waals surface area contributed by atoms with Crippen LogP contribution in [0.15, 0.2) is 72.8 Å². The van der Waals surface area contributed by atoms with Gasteiger partial charge in [-0.25, -0.2) is 0 Å². The van der Waals surface area contributed by atoms with Crippen LogP contribution in [0, 0.1) is 0 Å². The Balaban J connectivity index is 2.12. The van der Waals surface area contributed by atoms with Gasteiger partial charge < -0.3 is 4.74 Å². The van der Waals surface area contributed by atoms with Crippen molar-refractivity contribution in [2.45, 2.75) is 12.5 Å². The summed E-state index contributed by atoms with van der Waals surface area (Å²) in [6.07, 6.45) is 2.25. The smallest absolute Gasteiger partial charge is 0.138 e. The molecule has 0 saturated heterocycles. The molecule has 1 atom stereocenters. The summed E-state index contributed by atoms with van der Waals surface area (Å²) in [5.74, 6) is 0. The van der Waals surface area contributed by atoms with E-state index in [9.17, 15) is 0 Å². The number of methoxy groups -OCH3 is 1. The van der Waals surface area contributed by atoms with Gasteiger partial charge in [0.2, 0.25) is 0 Å². The van der Waals surface area contributed by atoms with Crippen molar-refractivity contribution in [3.8, 4) is 0 Å². The molecule has 0 amide bonds. The molecule has 0 bridgehead atoms. The van der Waals surface area contributed by atoms with E-state index in [-0.39, 0.29) is 0 Å². The van der Waals surface area contributed by atoms with Crippen LogP contribution >= 0.6 is 0 Å². The zero-order chi connectivity index (χ0) is 15.2. The summed E-state index contributed by atoms with van der Waals surface area (Å²) >= 11 is 0. The lowest BCUT2D eigenvalue weighted by molar-refractivity contribution is 0.0694. The maximum Gasteiger partial charge on any atom is 0.138 e. The van der Waals surface area contributed by atoms with Crippen LogP contribution < -0.4 is 0 Å². The first kappa shape index (κ1) is 13.3. The van der Waals surface area contributed by atoms with Gasteiger partial charge >= 0.3 is 0 Å². The Morgan fingerprint density at radius 1 is 0.818 bits per heavy atom. The Kier molecular flexibility index (Phi) is 2.91. The fourth-order valence-electron chi connectivity index (χ4n) is 3.65. The number of benzene rings is 3. The van der Waals surface area contributed by atoms with Gasteiger partial charge in [-0.1, -0.05) is 66.7 Å². The van der Waals surface area contributed by atoms with E-state index in [0.29, 0.717) is 0 Å². The summed E-state index contributed by atoms with van der Waals surface area (Å²) in [5.41, 5.74) is 4.49. The van der Waals surface area contributed by atoms with Crippen LogP contribution in [0.2, 0.25) is 0 Å². The Morgan fingerprint density at radius 2 is 1.55 bits per heavy atom. The maximum absolute atomic E-state index is 6.11. The molecule has 1 aliphatic carbocycles. The highest BCUT2D eigenvalue weighted by molar-refractivity contribution is 5.95. The van der Waals surface area contributed by atoms with Gasteiger partial charge in [0, 0.05) is 12.7 Å². The molecule has 4 rings (SSSR count). The lowest BCUT2D eigenvalue weighted by atomic mass is 9.85. The molecule has 3 aromatic carbocycles. The minimum atomic E-state index is -0.498. The van der Waals surface area contributed by atoms with Gasteiger partial charge in [0.1, 0.15) is 5.60 Å². The molecule has 0 saturated carbocycles. The number of fused-ring (bicyclic) bond motifs is 3. The molecule has 1 unspecified atom stereocenters. The molecule has 108 valence electrons. The van der Waals surface area contributed by atoms with Crippen molar-refractivity contribution >= 4 is 16.3 Å². The van der Waals surface area contributed by atoms with Crippen LogP contribution in [0.1, 0.15) is 23.6 Å². The minimum Gasteiger partial charge on any atom is -0.365 e. The van der Waals surface area contributed by atoms with Crippen LogP contribution in [0.25, 0.3) is 16.3 Å². The third-order valence-corrected chi connectivity index (χ3v) is 4.67. The van der Waals surface area contributed by atoms with Gasteiger partial charge in [0.25, 0.3) is 0 Å².